The van der Waals surface area contributed by atoms with Crippen molar-refractivity contribution in [1.29, 1.82) is 0 Å². The Morgan fingerprint density at radius 2 is 2.20 bits per heavy atom. The summed E-state index contributed by atoms with van der Waals surface area (Å²) in [5.41, 5.74) is 6.85. The maximum absolute atomic E-state index is 13.2. The largest absolute Gasteiger partial charge is 0.375 e. The van der Waals surface area contributed by atoms with Gasteiger partial charge in [0.05, 0.1) is 9.90 Å². The van der Waals surface area contributed by atoms with E-state index in [9.17, 15) is 4.39 Å². The predicted molar refractivity (Wildman–Crippen MR) is 61.7 cm³/mol. The predicted octanol–water partition coefficient (Wildman–Crippen LogP) is 3.49. The van der Waals surface area contributed by atoms with Gasteiger partial charge in [0.1, 0.15) is 5.82 Å². The van der Waals surface area contributed by atoms with Crippen LogP contribution in [-0.4, -0.2) is 4.98 Å². The number of benzene rings is 1. The summed E-state index contributed by atoms with van der Waals surface area (Å²) in [5.74, 6) is -0.304. The minimum absolute atomic E-state index is 0.304. The van der Waals surface area contributed by atoms with Crippen molar-refractivity contribution < 1.29 is 4.39 Å². The second-order valence-electron chi connectivity index (χ2n) is 3.14. The topological polar surface area (TPSA) is 38.9 Å². The summed E-state index contributed by atoms with van der Waals surface area (Å²) in [5, 5.41) is 0.852. The van der Waals surface area contributed by atoms with Crippen LogP contribution in [0.5, 0.6) is 0 Å². The molecule has 2 aromatic rings. The number of nitrogen functional groups attached to an aromatic ring is 1. The van der Waals surface area contributed by atoms with Crippen LogP contribution in [0.25, 0.3) is 10.4 Å². The molecule has 0 aliphatic carbocycles. The molecule has 1 aromatic carbocycles. The lowest BCUT2D eigenvalue weighted by Gasteiger charge is -2.03. The fourth-order valence-electron chi connectivity index (χ4n) is 1.26. The summed E-state index contributed by atoms with van der Waals surface area (Å²) >= 11 is 7.27. The van der Waals surface area contributed by atoms with Crippen molar-refractivity contribution in [3.05, 3.63) is 34.7 Å². The van der Waals surface area contributed by atoms with Crippen molar-refractivity contribution in [3.8, 4) is 10.4 Å². The van der Waals surface area contributed by atoms with Gasteiger partial charge < -0.3 is 5.73 Å². The molecule has 0 atom stereocenters. The van der Waals surface area contributed by atoms with Crippen LogP contribution in [0.15, 0.2) is 18.3 Å². The molecule has 2 nitrogen and oxygen atoms in total. The summed E-state index contributed by atoms with van der Waals surface area (Å²) in [7, 11) is 0. The molecule has 0 unspecified atom stereocenters. The monoisotopic (exact) mass is 242 g/mol. The minimum atomic E-state index is -0.304. The van der Waals surface area contributed by atoms with Gasteiger partial charge in [-0.15, -0.1) is 0 Å². The number of anilines is 1. The average molecular weight is 243 g/mol. The molecule has 15 heavy (non-hydrogen) atoms. The number of rotatable bonds is 1. The minimum Gasteiger partial charge on any atom is -0.375 e. The molecular weight excluding hydrogens is 235 g/mol. The van der Waals surface area contributed by atoms with E-state index in [2.05, 4.69) is 4.98 Å². The van der Waals surface area contributed by atoms with E-state index in [4.69, 9.17) is 17.3 Å². The zero-order valence-electron chi connectivity index (χ0n) is 7.92. The molecule has 2 N–H and O–H groups in total. The lowest BCUT2D eigenvalue weighted by Crippen LogP contribution is -1.84. The molecule has 2 rings (SSSR count). The summed E-state index contributed by atoms with van der Waals surface area (Å²) in [6.45, 7) is 1.69. The van der Waals surface area contributed by atoms with Gasteiger partial charge in [0.2, 0.25) is 0 Å². The maximum atomic E-state index is 13.2. The molecule has 5 heteroatoms. The third-order valence-corrected chi connectivity index (χ3v) is 3.21. The second kappa shape index (κ2) is 3.79. The van der Waals surface area contributed by atoms with Crippen LogP contribution >= 0.6 is 22.9 Å². The highest BCUT2D eigenvalue weighted by Gasteiger charge is 2.10. The number of thiazole rings is 1. The Balaban J connectivity index is 2.58. The molecule has 1 aromatic heterocycles. The van der Waals surface area contributed by atoms with Crippen LogP contribution in [0, 0.1) is 12.7 Å². The van der Waals surface area contributed by atoms with Gasteiger partial charge in [-0.25, -0.2) is 9.37 Å². The standard InChI is InChI=1S/C10H8ClFN2S/c1-5-2-6(7(11)3-8(5)12)9-4-14-10(13)15-9/h2-4H,1H3,(H2,13,14). The first-order chi connectivity index (χ1) is 7.08. The summed E-state index contributed by atoms with van der Waals surface area (Å²) in [6.07, 6.45) is 1.64. The highest BCUT2D eigenvalue weighted by molar-refractivity contribution is 7.18. The third kappa shape index (κ3) is 1.96. The van der Waals surface area contributed by atoms with Gasteiger partial charge in [-0.05, 0) is 24.6 Å². The Kier molecular flexibility index (Phi) is 2.63. The Morgan fingerprint density at radius 1 is 1.47 bits per heavy atom. The molecule has 0 bridgehead atoms. The lowest BCUT2D eigenvalue weighted by atomic mass is 10.1. The first-order valence-electron chi connectivity index (χ1n) is 4.25. The van der Waals surface area contributed by atoms with E-state index in [0.29, 0.717) is 15.7 Å². The smallest absolute Gasteiger partial charge is 0.180 e. The fourth-order valence-corrected chi connectivity index (χ4v) is 2.28. The van der Waals surface area contributed by atoms with E-state index in [1.54, 1.807) is 19.2 Å². The highest BCUT2D eigenvalue weighted by atomic mass is 35.5. The second-order valence-corrected chi connectivity index (χ2v) is 4.61. The first kappa shape index (κ1) is 10.4. The van der Waals surface area contributed by atoms with Gasteiger partial charge in [0.15, 0.2) is 5.13 Å². The van der Waals surface area contributed by atoms with Crippen LogP contribution in [0.4, 0.5) is 9.52 Å². The molecule has 1 heterocycles. The molecule has 0 aliphatic rings. The number of nitrogens with zero attached hydrogens (tertiary/aromatic N) is 1. The van der Waals surface area contributed by atoms with Gasteiger partial charge >= 0.3 is 0 Å². The number of hydrogen-bond donors (Lipinski definition) is 1. The van der Waals surface area contributed by atoms with Crippen LogP contribution in [0.1, 0.15) is 5.56 Å². The Hall–Kier alpha value is -1.13. The van der Waals surface area contributed by atoms with Crippen LogP contribution in [0.2, 0.25) is 5.02 Å². The fraction of sp³-hybridized carbons (Fsp3) is 0.100. The molecule has 0 aliphatic heterocycles. The van der Waals surface area contributed by atoms with Crippen LogP contribution < -0.4 is 5.73 Å². The number of nitrogens with two attached hydrogens (primary N) is 1. The van der Waals surface area contributed by atoms with Crippen LogP contribution in [-0.2, 0) is 0 Å². The number of hydrogen-bond acceptors (Lipinski definition) is 3. The number of aryl methyl sites for hydroxylation is 1. The molecular formula is C10H8ClFN2S. The zero-order chi connectivity index (χ0) is 11.0. The number of halogens is 2. The normalized spacial score (nSPS) is 10.6. The molecule has 78 valence electrons. The van der Waals surface area contributed by atoms with E-state index in [1.165, 1.54) is 17.4 Å². The van der Waals surface area contributed by atoms with E-state index in [-0.39, 0.29) is 5.82 Å². The van der Waals surface area contributed by atoms with E-state index in [1.807, 2.05) is 0 Å². The van der Waals surface area contributed by atoms with Crippen molar-refractivity contribution in [2.24, 2.45) is 0 Å². The van der Waals surface area contributed by atoms with Gasteiger partial charge in [-0.2, -0.15) is 0 Å². The van der Waals surface area contributed by atoms with Crippen molar-refractivity contribution in [3.63, 3.8) is 0 Å². The lowest BCUT2D eigenvalue weighted by molar-refractivity contribution is 0.619. The highest BCUT2D eigenvalue weighted by Crippen LogP contribution is 2.34. The summed E-state index contributed by atoms with van der Waals surface area (Å²) in [4.78, 5) is 4.78. The van der Waals surface area contributed by atoms with E-state index >= 15 is 0 Å². The van der Waals surface area contributed by atoms with Gasteiger partial charge in [-0.1, -0.05) is 22.9 Å². The Labute approximate surface area is 95.5 Å². The molecule has 0 saturated carbocycles. The summed E-state index contributed by atoms with van der Waals surface area (Å²) < 4.78 is 13.2. The van der Waals surface area contributed by atoms with Crippen LogP contribution in [0.3, 0.4) is 0 Å². The molecule has 0 spiro atoms. The van der Waals surface area contributed by atoms with Crippen molar-refractivity contribution >= 4 is 28.1 Å². The quantitative estimate of drug-likeness (QED) is 0.831. The van der Waals surface area contributed by atoms with Crippen molar-refractivity contribution in [1.82, 2.24) is 4.98 Å². The third-order valence-electron chi connectivity index (χ3n) is 2.04. The SMILES string of the molecule is Cc1cc(-c2cnc(N)s2)c(Cl)cc1F. The maximum Gasteiger partial charge on any atom is 0.180 e. The van der Waals surface area contributed by atoms with Gasteiger partial charge in [0, 0.05) is 11.8 Å². The molecule has 0 amide bonds. The Morgan fingerprint density at radius 3 is 2.80 bits per heavy atom. The molecule has 0 saturated heterocycles. The van der Waals surface area contributed by atoms with Gasteiger partial charge in [-0.3, -0.25) is 0 Å². The first-order valence-corrected chi connectivity index (χ1v) is 5.44. The molecule has 0 radical (unpaired) electrons. The summed E-state index contributed by atoms with van der Waals surface area (Å²) in [6, 6.07) is 3.01. The zero-order valence-corrected chi connectivity index (χ0v) is 9.49. The van der Waals surface area contributed by atoms with Crippen molar-refractivity contribution in [2.75, 3.05) is 5.73 Å². The number of aromatic nitrogens is 1. The van der Waals surface area contributed by atoms with Gasteiger partial charge in [0.25, 0.3) is 0 Å². The average Bonchev–Trinajstić information content (AvgIpc) is 2.58. The van der Waals surface area contributed by atoms with Crippen molar-refractivity contribution in [2.45, 2.75) is 6.92 Å². The van der Waals surface area contributed by atoms with E-state index in [0.717, 1.165) is 10.4 Å². The molecule has 0 fully saturated rings. The van der Waals surface area contributed by atoms with E-state index < -0.39 is 0 Å². The Bertz CT molecular complexity index is 510.